The Morgan fingerprint density at radius 1 is 0.862 bits per heavy atom. The Kier molecular flexibility index (Phi) is 5.74. The van der Waals surface area contributed by atoms with E-state index in [9.17, 15) is 19.5 Å². The van der Waals surface area contributed by atoms with Crippen LogP contribution in [-0.2, 0) is 4.79 Å². The maximum atomic E-state index is 12.9. The van der Waals surface area contributed by atoms with E-state index >= 15 is 0 Å². The summed E-state index contributed by atoms with van der Waals surface area (Å²) in [6, 6.07) is 19.0. The van der Waals surface area contributed by atoms with Crippen LogP contribution in [0.3, 0.4) is 0 Å². The second-order valence-corrected chi connectivity index (χ2v) is 6.43. The predicted octanol–water partition coefficient (Wildman–Crippen LogP) is 4.54. The first-order valence-corrected chi connectivity index (χ1v) is 8.89. The van der Waals surface area contributed by atoms with Gasteiger partial charge in [-0.1, -0.05) is 48.5 Å². The molecule has 0 aliphatic heterocycles. The number of aromatic carboxylic acids is 1. The fourth-order valence-electron chi connectivity index (χ4n) is 2.94. The van der Waals surface area contributed by atoms with Crippen LogP contribution in [0.5, 0.6) is 5.75 Å². The van der Waals surface area contributed by atoms with Crippen molar-refractivity contribution >= 4 is 23.5 Å². The third kappa shape index (κ3) is 4.50. The highest BCUT2D eigenvalue weighted by atomic mass is 16.5. The van der Waals surface area contributed by atoms with Gasteiger partial charge in [0.15, 0.2) is 0 Å². The van der Waals surface area contributed by atoms with Crippen molar-refractivity contribution in [3.63, 3.8) is 0 Å². The lowest BCUT2D eigenvalue weighted by molar-refractivity contribution is -0.131. The first kappa shape index (κ1) is 19.8. The van der Waals surface area contributed by atoms with Crippen LogP contribution in [0.25, 0.3) is 11.1 Å². The van der Waals surface area contributed by atoms with Gasteiger partial charge in [-0.05, 0) is 41.8 Å². The summed E-state index contributed by atoms with van der Waals surface area (Å²) in [5.74, 6) is -2.14. The molecule has 0 heterocycles. The third-order valence-corrected chi connectivity index (χ3v) is 4.31. The molecule has 6 nitrogen and oxygen atoms in total. The molecular weight excluding hydrogens is 370 g/mol. The van der Waals surface area contributed by atoms with Gasteiger partial charge in [0.1, 0.15) is 5.75 Å². The standard InChI is InChI=1S/C23H19NO5/c1-14-7-6-10-19(21(14)29-15(2)25)22(26)24-20-13-17(11-12-18(20)23(27)28)16-8-4-3-5-9-16/h3-13H,1-2H3,(H,24,26)(H,27,28). The molecule has 0 aliphatic rings. The van der Waals surface area contributed by atoms with Crippen LogP contribution >= 0.6 is 0 Å². The van der Waals surface area contributed by atoms with Gasteiger partial charge < -0.3 is 15.2 Å². The van der Waals surface area contributed by atoms with E-state index in [-0.39, 0.29) is 22.6 Å². The Balaban J connectivity index is 2.01. The van der Waals surface area contributed by atoms with E-state index < -0.39 is 17.8 Å². The average Bonchev–Trinajstić information content (AvgIpc) is 2.69. The molecule has 6 heteroatoms. The molecule has 0 atom stereocenters. The maximum Gasteiger partial charge on any atom is 0.337 e. The number of carboxylic acids is 1. The number of benzene rings is 3. The van der Waals surface area contributed by atoms with Crippen molar-refractivity contribution in [3.05, 3.63) is 83.4 Å². The Bertz CT molecular complexity index is 1090. The molecule has 0 bridgehead atoms. The molecule has 0 saturated heterocycles. The van der Waals surface area contributed by atoms with Crippen molar-refractivity contribution in [1.29, 1.82) is 0 Å². The summed E-state index contributed by atoms with van der Waals surface area (Å²) in [7, 11) is 0. The van der Waals surface area contributed by atoms with Crippen LogP contribution < -0.4 is 10.1 Å². The normalized spacial score (nSPS) is 10.3. The monoisotopic (exact) mass is 389 g/mol. The van der Waals surface area contributed by atoms with Gasteiger partial charge in [-0.25, -0.2) is 4.79 Å². The number of ether oxygens (including phenoxy) is 1. The zero-order chi connectivity index (χ0) is 21.0. The molecule has 0 saturated carbocycles. The summed E-state index contributed by atoms with van der Waals surface area (Å²) < 4.78 is 5.19. The Morgan fingerprint density at radius 3 is 2.24 bits per heavy atom. The van der Waals surface area contributed by atoms with E-state index in [4.69, 9.17) is 4.74 Å². The number of esters is 1. The predicted molar refractivity (Wildman–Crippen MR) is 109 cm³/mol. The van der Waals surface area contributed by atoms with Crippen LogP contribution in [-0.4, -0.2) is 23.0 Å². The van der Waals surface area contributed by atoms with Crippen LogP contribution in [0.1, 0.15) is 33.2 Å². The summed E-state index contributed by atoms with van der Waals surface area (Å²) in [6.45, 7) is 2.97. The lowest BCUT2D eigenvalue weighted by Crippen LogP contribution is -2.17. The van der Waals surface area contributed by atoms with Gasteiger partial charge in [-0.2, -0.15) is 0 Å². The van der Waals surface area contributed by atoms with Gasteiger partial charge in [0, 0.05) is 6.92 Å². The van der Waals surface area contributed by atoms with E-state index in [2.05, 4.69) is 5.32 Å². The van der Waals surface area contributed by atoms with Gasteiger partial charge >= 0.3 is 11.9 Å². The molecule has 0 aromatic heterocycles. The number of amides is 1. The summed E-state index contributed by atoms with van der Waals surface area (Å²) >= 11 is 0. The number of aryl methyl sites for hydroxylation is 1. The Morgan fingerprint density at radius 2 is 1.59 bits per heavy atom. The smallest absolute Gasteiger partial charge is 0.337 e. The average molecular weight is 389 g/mol. The molecule has 3 aromatic rings. The minimum Gasteiger partial charge on any atom is -0.478 e. The highest BCUT2D eigenvalue weighted by Gasteiger charge is 2.19. The van der Waals surface area contributed by atoms with Crippen LogP contribution in [0.4, 0.5) is 5.69 Å². The number of nitrogens with one attached hydrogen (secondary N) is 1. The molecular formula is C23H19NO5. The van der Waals surface area contributed by atoms with Gasteiger partial charge in [0.2, 0.25) is 0 Å². The number of carboxylic acid groups (broad SMARTS) is 1. The van der Waals surface area contributed by atoms with E-state index in [1.54, 1.807) is 31.2 Å². The number of hydrogen-bond acceptors (Lipinski definition) is 4. The lowest BCUT2D eigenvalue weighted by Gasteiger charge is -2.14. The number of rotatable bonds is 5. The highest BCUT2D eigenvalue weighted by Crippen LogP contribution is 2.28. The molecule has 0 unspecified atom stereocenters. The van der Waals surface area contributed by atoms with Crippen molar-refractivity contribution < 1.29 is 24.2 Å². The zero-order valence-electron chi connectivity index (χ0n) is 15.9. The molecule has 0 spiro atoms. The summed E-state index contributed by atoms with van der Waals surface area (Å²) in [5.41, 5.74) is 2.51. The summed E-state index contributed by atoms with van der Waals surface area (Å²) in [5, 5.41) is 12.2. The molecule has 146 valence electrons. The molecule has 0 radical (unpaired) electrons. The van der Waals surface area contributed by atoms with E-state index in [1.807, 2.05) is 30.3 Å². The van der Waals surface area contributed by atoms with Crippen molar-refractivity contribution in [2.24, 2.45) is 0 Å². The van der Waals surface area contributed by atoms with Crippen LogP contribution in [0.2, 0.25) is 0 Å². The molecule has 1 amide bonds. The number of carbonyl (C=O) groups excluding carboxylic acids is 2. The van der Waals surface area contributed by atoms with Gasteiger partial charge in [0.05, 0.1) is 16.8 Å². The zero-order valence-corrected chi connectivity index (χ0v) is 15.9. The van der Waals surface area contributed by atoms with Crippen LogP contribution in [0, 0.1) is 6.92 Å². The molecule has 0 aliphatic carbocycles. The molecule has 3 aromatic carbocycles. The summed E-state index contributed by atoms with van der Waals surface area (Å²) in [6.07, 6.45) is 0. The Hall–Kier alpha value is -3.93. The summed E-state index contributed by atoms with van der Waals surface area (Å²) in [4.78, 5) is 35.9. The van der Waals surface area contributed by atoms with Gasteiger partial charge in [0.25, 0.3) is 5.91 Å². The minimum absolute atomic E-state index is 0.0419. The topological polar surface area (TPSA) is 92.7 Å². The fourth-order valence-corrected chi connectivity index (χ4v) is 2.94. The number of hydrogen-bond donors (Lipinski definition) is 2. The molecule has 3 rings (SSSR count). The molecule has 2 N–H and O–H groups in total. The molecule has 0 fully saturated rings. The fraction of sp³-hybridized carbons (Fsp3) is 0.0870. The van der Waals surface area contributed by atoms with E-state index in [0.717, 1.165) is 11.1 Å². The van der Waals surface area contributed by atoms with E-state index in [0.29, 0.717) is 5.56 Å². The number of para-hydroxylation sites is 1. The van der Waals surface area contributed by atoms with Crippen molar-refractivity contribution in [1.82, 2.24) is 0 Å². The minimum atomic E-state index is -1.16. The number of carbonyl (C=O) groups is 3. The van der Waals surface area contributed by atoms with Gasteiger partial charge in [-0.3, -0.25) is 9.59 Å². The Labute approximate surface area is 167 Å². The van der Waals surface area contributed by atoms with Crippen molar-refractivity contribution in [2.75, 3.05) is 5.32 Å². The lowest BCUT2D eigenvalue weighted by atomic mass is 10.0. The first-order valence-electron chi connectivity index (χ1n) is 8.89. The highest BCUT2D eigenvalue weighted by molar-refractivity contribution is 6.10. The third-order valence-electron chi connectivity index (χ3n) is 4.31. The first-order chi connectivity index (χ1) is 13.9. The van der Waals surface area contributed by atoms with Crippen molar-refractivity contribution in [3.8, 4) is 16.9 Å². The van der Waals surface area contributed by atoms with E-state index in [1.165, 1.54) is 19.1 Å². The van der Waals surface area contributed by atoms with Crippen LogP contribution in [0.15, 0.2) is 66.7 Å². The maximum absolute atomic E-state index is 12.9. The van der Waals surface area contributed by atoms with Crippen molar-refractivity contribution in [2.45, 2.75) is 13.8 Å². The second kappa shape index (κ2) is 8.39. The molecule has 29 heavy (non-hydrogen) atoms. The number of anilines is 1. The quantitative estimate of drug-likeness (QED) is 0.494. The second-order valence-electron chi connectivity index (χ2n) is 6.43. The largest absolute Gasteiger partial charge is 0.478 e. The van der Waals surface area contributed by atoms with Gasteiger partial charge in [-0.15, -0.1) is 0 Å². The SMILES string of the molecule is CC(=O)Oc1c(C)cccc1C(=O)Nc1cc(-c2ccccc2)ccc1C(=O)O.